The van der Waals surface area contributed by atoms with Gasteiger partial charge in [0, 0.05) is 12.1 Å². The molecule has 0 radical (unpaired) electrons. The Bertz CT molecular complexity index is 1070. The average molecular weight is 419 g/mol. The molecule has 0 aliphatic carbocycles. The summed E-state index contributed by atoms with van der Waals surface area (Å²) in [5.74, 6) is 0.101. The van der Waals surface area contributed by atoms with Gasteiger partial charge in [0.25, 0.3) is 20.3 Å². The third-order valence-electron chi connectivity index (χ3n) is 3.80. The molecule has 3 rings (SSSR count). The molecule has 10 heteroatoms. The zero-order chi connectivity index (χ0) is 20.1. The molecule has 0 saturated heterocycles. The summed E-state index contributed by atoms with van der Waals surface area (Å²) in [6, 6.07) is 15.3. The lowest BCUT2D eigenvalue weighted by atomic mass is 10.2. The standard InChI is InChI=1S/C18H18N4O4S2/c1-3-22(14-9-5-4-6-10-14)28(24,25)18-21-20-17(27-18)19-16(23)13-8-7-11-15(12-13)26-2/h4-12H,3H2,1-2H3,(H,19,20,23). The first-order chi connectivity index (χ1) is 13.5. The van der Waals surface area contributed by atoms with E-state index in [1.807, 2.05) is 0 Å². The molecule has 8 nitrogen and oxygen atoms in total. The fraction of sp³-hybridized carbons (Fsp3) is 0.167. The van der Waals surface area contributed by atoms with Gasteiger partial charge in [-0.05, 0) is 37.3 Å². The largest absolute Gasteiger partial charge is 0.497 e. The number of nitrogens with one attached hydrogen (secondary N) is 1. The van der Waals surface area contributed by atoms with Crippen molar-refractivity contribution >= 4 is 38.1 Å². The number of anilines is 2. The van der Waals surface area contributed by atoms with Crippen molar-refractivity contribution in [2.45, 2.75) is 11.3 Å². The summed E-state index contributed by atoms with van der Waals surface area (Å²) in [6.07, 6.45) is 0. The number of nitrogens with zero attached hydrogens (tertiary/aromatic N) is 3. The summed E-state index contributed by atoms with van der Waals surface area (Å²) in [5, 5.41) is 10.2. The number of ether oxygens (including phenoxy) is 1. The molecule has 0 unspecified atom stereocenters. The number of methoxy groups -OCH3 is 1. The van der Waals surface area contributed by atoms with Crippen LogP contribution in [0.5, 0.6) is 5.75 Å². The number of aromatic nitrogens is 2. The van der Waals surface area contributed by atoms with Crippen LogP contribution in [0.3, 0.4) is 0 Å². The van der Waals surface area contributed by atoms with Gasteiger partial charge >= 0.3 is 0 Å². The van der Waals surface area contributed by atoms with E-state index in [-0.39, 0.29) is 16.0 Å². The summed E-state index contributed by atoms with van der Waals surface area (Å²) in [7, 11) is -2.38. The van der Waals surface area contributed by atoms with E-state index >= 15 is 0 Å². The lowest BCUT2D eigenvalue weighted by molar-refractivity contribution is 0.102. The number of benzene rings is 2. The van der Waals surface area contributed by atoms with E-state index in [0.29, 0.717) is 17.0 Å². The van der Waals surface area contributed by atoms with Gasteiger partial charge in [0.2, 0.25) is 5.13 Å². The average Bonchev–Trinajstić information content (AvgIpc) is 3.18. The van der Waals surface area contributed by atoms with Crippen LogP contribution in [0.4, 0.5) is 10.8 Å². The summed E-state index contributed by atoms with van der Waals surface area (Å²) in [6.45, 7) is 1.97. The van der Waals surface area contributed by atoms with Crippen molar-refractivity contribution < 1.29 is 17.9 Å². The van der Waals surface area contributed by atoms with E-state index in [1.54, 1.807) is 61.5 Å². The summed E-state index contributed by atoms with van der Waals surface area (Å²) >= 11 is 0.796. The summed E-state index contributed by atoms with van der Waals surface area (Å²) in [4.78, 5) is 12.4. The van der Waals surface area contributed by atoms with E-state index in [9.17, 15) is 13.2 Å². The number of hydrogen-bond donors (Lipinski definition) is 1. The highest BCUT2D eigenvalue weighted by Gasteiger charge is 2.28. The van der Waals surface area contributed by atoms with Gasteiger partial charge < -0.3 is 4.74 Å². The second-order valence-electron chi connectivity index (χ2n) is 5.56. The minimum atomic E-state index is -3.89. The molecule has 0 spiro atoms. The quantitative estimate of drug-likeness (QED) is 0.592. The van der Waals surface area contributed by atoms with Crippen LogP contribution in [-0.2, 0) is 10.0 Å². The van der Waals surface area contributed by atoms with Crippen molar-refractivity contribution in [1.29, 1.82) is 0 Å². The van der Waals surface area contributed by atoms with Gasteiger partial charge in [-0.15, -0.1) is 10.2 Å². The van der Waals surface area contributed by atoms with Crippen molar-refractivity contribution in [3.8, 4) is 5.75 Å². The Balaban J connectivity index is 1.81. The highest BCUT2D eigenvalue weighted by Crippen LogP contribution is 2.27. The Morgan fingerprint density at radius 3 is 2.57 bits per heavy atom. The molecule has 1 N–H and O–H groups in total. The number of carbonyl (C=O) groups is 1. The number of sulfonamides is 1. The highest BCUT2D eigenvalue weighted by atomic mass is 32.2. The SMILES string of the molecule is CCN(c1ccccc1)S(=O)(=O)c1nnc(NC(=O)c2cccc(OC)c2)s1. The van der Waals surface area contributed by atoms with Crippen LogP contribution < -0.4 is 14.4 Å². The van der Waals surface area contributed by atoms with Gasteiger partial charge in [-0.2, -0.15) is 8.42 Å². The second kappa shape index (κ2) is 8.36. The van der Waals surface area contributed by atoms with Crippen LogP contribution in [-0.4, -0.2) is 38.2 Å². The molecular formula is C18H18N4O4S2. The maximum atomic E-state index is 12.9. The van der Waals surface area contributed by atoms with Gasteiger partial charge in [0.05, 0.1) is 12.8 Å². The molecular weight excluding hydrogens is 400 g/mol. The van der Waals surface area contributed by atoms with E-state index in [2.05, 4.69) is 15.5 Å². The van der Waals surface area contributed by atoms with Crippen molar-refractivity contribution in [3.63, 3.8) is 0 Å². The lowest BCUT2D eigenvalue weighted by Gasteiger charge is -2.20. The fourth-order valence-corrected chi connectivity index (χ4v) is 4.95. The minimum absolute atomic E-state index is 0.0931. The first-order valence-corrected chi connectivity index (χ1v) is 10.6. The van der Waals surface area contributed by atoms with Gasteiger partial charge in [-0.25, -0.2) is 0 Å². The molecule has 28 heavy (non-hydrogen) atoms. The number of rotatable bonds is 7. The molecule has 3 aromatic rings. The first-order valence-electron chi connectivity index (χ1n) is 8.32. The molecule has 0 atom stereocenters. The summed E-state index contributed by atoms with van der Waals surface area (Å²) in [5.41, 5.74) is 0.889. The topological polar surface area (TPSA) is 101 Å². The Morgan fingerprint density at radius 2 is 1.89 bits per heavy atom. The number of para-hydroxylation sites is 1. The second-order valence-corrected chi connectivity index (χ2v) is 8.58. The third kappa shape index (κ3) is 4.12. The first kappa shape index (κ1) is 19.8. The maximum Gasteiger partial charge on any atom is 0.293 e. The zero-order valence-electron chi connectivity index (χ0n) is 15.2. The van der Waals surface area contributed by atoms with Gasteiger partial charge in [-0.1, -0.05) is 35.6 Å². The maximum absolute atomic E-state index is 12.9. The fourth-order valence-electron chi connectivity index (χ4n) is 2.48. The predicted octanol–water partition coefficient (Wildman–Crippen LogP) is 3.01. The van der Waals surface area contributed by atoms with Crippen molar-refractivity contribution in [3.05, 3.63) is 60.2 Å². The molecule has 1 heterocycles. The van der Waals surface area contributed by atoms with E-state index in [1.165, 1.54) is 11.4 Å². The molecule has 0 aliphatic heterocycles. The van der Waals surface area contributed by atoms with Gasteiger partial charge in [-0.3, -0.25) is 14.4 Å². The van der Waals surface area contributed by atoms with Crippen LogP contribution in [0, 0.1) is 0 Å². The molecule has 1 amide bonds. The molecule has 2 aromatic carbocycles. The number of amides is 1. The molecule has 0 bridgehead atoms. The van der Waals surface area contributed by atoms with Crippen LogP contribution in [0.1, 0.15) is 17.3 Å². The van der Waals surface area contributed by atoms with Crippen LogP contribution >= 0.6 is 11.3 Å². The molecule has 0 saturated carbocycles. The Morgan fingerprint density at radius 1 is 1.14 bits per heavy atom. The number of carbonyl (C=O) groups excluding carboxylic acids is 1. The predicted molar refractivity (Wildman–Crippen MR) is 108 cm³/mol. The monoisotopic (exact) mass is 418 g/mol. The van der Waals surface area contributed by atoms with Crippen molar-refractivity contribution in [2.24, 2.45) is 0 Å². The molecule has 0 aliphatic rings. The van der Waals surface area contributed by atoms with Crippen molar-refractivity contribution in [1.82, 2.24) is 10.2 Å². The zero-order valence-corrected chi connectivity index (χ0v) is 16.8. The van der Waals surface area contributed by atoms with Crippen molar-refractivity contribution in [2.75, 3.05) is 23.3 Å². The normalized spacial score (nSPS) is 11.1. The molecule has 1 aromatic heterocycles. The Hall–Kier alpha value is -2.98. The highest BCUT2D eigenvalue weighted by molar-refractivity contribution is 7.94. The molecule has 0 fully saturated rings. The smallest absolute Gasteiger partial charge is 0.293 e. The van der Waals surface area contributed by atoms with Crippen LogP contribution in [0.2, 0.25) is 0 Å². The summed E-state index contributed by atoms with van der Waals surface area (Å²) < 4.78 is 32.0. The Labute approximate surface area is 166 Å². The lowest BCUT2D eigenvalue weighted by Crippen LogP contribution is -2.30. The van der Waals surface area contributed by atoms with E-state index < -0.39 is 15.9 Å². The van der Waals surface area contributed by atoms with E-state index in [4.69, 9.17) is 4.74 Å². The van der Waals surface area contributed by atoms with Crippen LogP contribution in [0.25, 0.3) is 0 Å². The van der Waals surface area contributed by atoms with E-state index in [0.717, 1.165) is 11.3 Å². The Kier molecular flexibility index (Phi) is 5.90. The van der Waals surface area contributed by atoms with Gasteiger partial charge in [0.1, 0.15) is 5.75 Å². The minimum Gasteiger partial charge on any atom is -0.497 e. The molecule has 146 valence electrons. The van der Waals surface area contributed by atoms with Crippen LogP contribution in [0.15, 0.2) is 58.9 Å². The number of hydrogen-bond acceptors (Lipinski definition) is 7. The van der Waals surface area contributed by atoms with Gasteiger partial charge in [0.15, 0.2) is 0 Å². The third-order valence-corrected chi connectivity index (χ3v) is 6.89.